The number of carbonyl (C=O) groups is 1. The molecule has 2 aliphatic rings. The lowest BCUT2D eigenvalue weighted by Crippen LogP contribution is -2.39. The minimum atomic E-state index is -0.295. The van der Waals surface area contributed by atoms with Gasteiger partial charge in [-0.1, -0.05) is 35.9 Å². The van der Waals surface area contributed by atoms with Gasteiger partial charge in [-0.2, -0.15) is 0 Å². The molecular weight excluding hydrogens is 364 g/mol. The quantitative estimate of drug-likeness (QED) is 0.650. The van der Waals surface area contributed by atoms with Gasteiger partial charge < -0.3 is 15.4 Å². The molecule has 0 radical (unpaired) electrons. The fraction of sp³-hybridized carbons (Fsp3) is 0.350. The van der Waals surface area contributed by atoms with Gasteiger partial charge in [0.15, 0.2) is 0 Å². The Morgan fingerprint density at radius 1 is 1.04 bits per heavy atom. The van der Waals surface area contributed by atoms with Crippen LogP contribution in [0.15, 0.2) is 48.5 Å². The van der Waals surface area contributed by atoms with Gasteiger partial charge in [-0.25, -0.2) is 10.9 Å². The molecule has 0 bridgehead atoms. The van der Waals surface area contributed by atoms with Crippen LogP contribution in [0.5, 0.6) is 0 Å². The van der Waals surface area contributed by atoms with Crippen LogP contribution < -0.4 is 21.5 Å². The average molecular weight is 387 g/mol. The molecule has 2 aromatic rings. The lowest BCUT2D eigenvalue weighted by molar-refractivity contribution is -0.117. The third kappa shape index (κ3) is 4.48. The number of carbonyl (C=O) groups excluding carboxylic acids is 1. The van der Waals surface area contributed by atoms with Crippen LogP contribution in [0.1, 0.15) is 29.7 Å². The number of ether oxygens (including phenoxy) is 1. The Hall–Kier alpha value is -1.96. The third-order valence-electron chi connectivity index (χ3n) is 4.97. The van der Waals surface area contributed by atoms with Gasteiger partial charge in [-0.3, -0.25) is 4.79 Å². The van der Waals surface area contributed by atoms with Crippen LogP contribution in [0.3, 0.4) is 0 Å². The first-order valence-electron chi connectivity index (χ1n) is 9.19. The van der Waals surface area contributed by atoms with Crippen molar-refractivity contribution in [2.75, 3.05) is 25.0 Å². The molecular formula is C20H23ClN4O2. The highest BCUT2D eigenvalue weighted by atomic mass is 35.5. The van der Waals surface area contributed by atoms with Crippen molar-refractivity contribution >= 4 is 23.2 Å². The van der Waals surface area contributed by atoms with Gasteiger partial charge in [0.05, 0.1) is 12.7 Å². The molecule has 7 heteroatoms. The zero-order valence-electron chi connectivity index (χ0n) is 14.9. The van der Waals surface area contributed by atoms with Crippen LogP contribution in [-0.2, 0) is 9.53 Å². The second kappa shape index (κ2) is 8.37. The van der Waals surface area contributed by atoms with Gasteiger partial charge in [0, 0.05) is 29.8 Å². The molecule has 2 aliphatic heterocycles. The van der Waals surface area contributed by atoms with Crippen molar-refractivity contribution in [1.29, 1.82) is 0 Å². The number of amides is 1. The fourth-order valence-electron chi connectivity index (χ4n) is 3.43. The standard InChI is InChI=1S/C20H23ClN4O2/c21-15-5-1-13(2-6-15)17-11-18(25-24-17)20(26)23-16-7-3-14(4-8-16)19-12-22-9-10-27-19/h1-8,17-19,22,24-25H,9-12H2,(H,23,26)/t17?,18?,19-/m0/s1. The van der Waals surface area contributed by atoms with E-state index in [-0.39, 0.29) is 24.1 Å². The van der Waals surface area contributed by atoms with E-state index in [0.717, 1.165) is 36.5 Å². The van der Waals surface area contributed by atoms with Crippen LogP contribution in [0.4, 0.5) is 5.69 Å². The monoisotopic (exact) mass is 386 g/mol. The fourth-order valence-corrected chi connectivity index (χ4v) is 3.56. The Morgan fingerprint density at radius 2 is 1.78 bits per heavy atom. The van der Waals surface area contributed by atoms with Crippen LogP contribution in [0, 0.1) is 0 Å². The van der Waals surface area contributed by atoms with E-state index in [4.69, 9.17) is 16.3 Å². The molecule has 4 N–H and O–H groups in total. The predicted octanol–water partition coefficient (Wildman–Crippen LogP) is 2.55. The largest absolute Gasteiger partial charge is 0.371 e. The van der Waals surface area contributed by atoms with E-state index in [1.165, 1.54) is 0 Å². The lowest BCUT2D eigenvalue weighted by atomic mass is 10.0. The molecule has 2 unspecified atom stereocenters. The number of hydrogen-bond acceptors (Lipinski definition) is 5. The summed E-state index contributed by atoms with van der Waals surface area (Å²) in [7, 11) is 0. The number of hydrazine groups is 1. The Morgan fingerprint density at radius 3 is 2.48 bits per heavy atom. The highest BCUT2D eigenvalue weighted by Gasteiger charge is 2.30. The number of nitrogens with one attached hydrogen (secondary N) is 4. The molecule has 6 nitrogen and oxygen atoms in total. The second-order valence-electron chi connectivity index (χ2n) is 6.86. The predicted molar refractivity (Wildman–Crippen MR) is 106 cm³/mol. The zero-order valence-corrected chi connectivity index (χ0v) is 15.6. The van der Waals surface area contributed by atoms with E-state index in [2.05, 4.69) is 21.5 Å². The molecule has 142 valence electrons. The molecule has 4 rings (SSSR count). The number of anilines is 1. The number of rotatable bonds is 4. The van der Waals surface area contributed by atoms with Crippen molar-refractivity contribution in [1.82, 2.24) is 16.2 Å². The smallest absolute Gasteiger partial charge is 0.242 e. The Kier molecular flexibility index (Phi) is 5.71. The van der Waals surface area contributed by atoms with E-state index < -0.39 is 0 Å². The molecule has 2 heterocycles. The number of morpholine rings is 1. The molecule has 1 amide bonds. The molecule has 0 saturated carbocycles. The van der Waals surface area contributed by atoms with E-state index in [1.54, 1.807) is 0 Å². The van der Waals surface area contributed by atoms with Gasteiger partial charge in [-0.05, 0) is 41.8 Å². The molecule has 27 heavy (non-hydrogen) atoms. The maximum Gasteiger partial charge on any atom is 0.242 e. The molecule has 2 fully saturated rings. The highest BCUT2D eigenvalue weighted by molar-refractivity contribution is 6.30. The van der Waals surface area contributed by atoms with E-state index in [0.29, 0.717) is 11.4 Å². The zero-order chi connectivity index (χ0) is 18.6. The topological polar surface area (TPSA) is 74.4 Å². The molecule has 0 aliphatic carbocycles. The van der Waals surface area contributed by atoms with Crippen molar-refractivity contribution in [2.45, 2.75) is 24.6 Å². The van der Waals surface area contributed by atoms with Gasteiger partial charge >= 0.3 is 0 Å². The van der Waals surface area contributed by atoms with Gasteiger partial charge in [0.25, 0.3) is 0 Å². The van der Waals surface area contributed by atoms with Gasteiger partial charge in [0.2, 0.25) is 5.91 Å². The first kappa shape index (κ1) is 18.4. The van der Waals surface area contributed by atoms with E-state index in [9.17, 15) is 4.79 Å². The minimum absolute atomic E-state index is 0.0534. The normalized spacial score (nSPS) is 25.3. The summed E-state index contributed by atoms with van der Waals surface area (Å²) in [5.41, 5.74) is 9.26. The molecule has 2 aromatic carbocycles. The summed E-state index contributed by atoms with van der Waals surface area (Å²) in [6.07, 6.45) is 0.747. The first-order valence-corrected chi connectivity index (χ1v) is 9.56. The maximum absolute atomic E-state index is 12.6. The summed E-state index contributed by atoms with van der Waals surface area (Å²) < 4.78 is 5.75. The first-order chi connectivity index (χ1) is 13.2. The van der Waals surface area contributed by atoms with Crippen molar-refractivity contribution in [3.05, 3.63) is 64.7 Å². The number of benzene rings is 2. The number of halogens is 1. The molecule has 0 aromatic heterocycles. The highest BCUT2D eigenvalue weighted by Crippen LogP contribution is 2.25. The number of hydrogen-bond donors (Lipinski definition) is 4. The van der Waals surface area contributed by atoms with Crippen LogP contribution in [0.2, 0.25) is 5.02 Å². The lowest BCUT2D eigenvalue weighted by Gasteiger charge is -2.24. The molecule has 2 saturated heterocycles. The van der Waals surface area contributed by atoms with Crippen molar-refractivity contribution in [2.24, 2.45) is 0 Å². The average Bonchev–Trinajstić information content (AvgIpc) is 3.20. The Labute approximate surface area is 163 Å². The summed E-state index contributed by atoms with van der Waals surface area (Å²) in [6, 6.07) is 15.3. The van der Waals surface area contributed by atoms with Gasteiger partial charge in [-0.15, -0.1) is 0 Å². The van der Waals surface area contributed by atoms with E-state index in [1.807, 2.05) is 48.5 Å². The second-order valence-corrected chi connectivity index (χ2v) is 7.29. The summed E-state index contributed by atoms with van der Waals surface area (Å²) in [5.74, 6) is -0.0534. The summed E-state index contributed by atoms with van der Waals surface area (Å²) in [6.45, 7) is 2.43. The SMILES string of the molecule is O=C(Nc1ccc([C@@H]2CNCCO2)cc1)C1CC(c2ccc(Cl)cc2)NN1. The third-order valence-corrected chi connectivity index (χ3v) is 5.22. The van der Waals surface area contributed by atoms with Crippen LogP contribution in [0.25, 0.3) is 0 Å². The summed E-state index contributed by atoms with van der Waals surface area (Å²) in [5, 5.41) is 7.00. The van der Waals surface area contributed by atoms with E-state index >= 15 is 0 Å². The summed E-state index contributed by atoms with van der Waals surface area (Å²) >= 11 is 5.94. The van der Waals surface area contributed by atoms with Crippen molar-refractivity contribution in [3.8, 4) is 0 Å². The van der Waals surface area contributed by atoms with Crippen molar-refractivity contribution in [3.63, 3.8) is 0 Å². The maximum atomic E-state index is 12.6. The molecule has 3 atom stereocenters. The van der Waals surface area contributed by atoms with Crippen LogP contribution in [-0.4, -0.2) is 31.6 Å². The van der Waals surface area contributed by atoms with Gasteiger partial charge in [0.1, 0.15) is 6.04 Å². The minimum Gasteiger partial charge on any atom is -0.371 e. The Bertz CT molecular complexity index is 776. The van der Waals surface area contributed by atoms with Crippen molar-refractivity contribution < 1.29 is 9.53 Å². The Balaban J connectivity index is 1.33. The molecule has 0 spiro atoms. The van der Waals surface area contributed by atoms with Crippen LogP contribution >= 0.6 is 11.6 Å². The summed E-state index contributed by atoms with van der Waals surface area (Å²) in [4.78, 5) is 12.6.